The maximum Gasteiger partial charge on any atom is 0.261 e. The Balaban J connectivity index is 1.99. The minimum Gasteiger partial charge on any atom is -0.484 e. The molecule has 0 aromatic heterocycles. The van der Waals surface area contributed by atoms with Gasteiger partial charge >= 0.3 is 0 Å². The van der Waals surface area contributed by atoms with Gasteiger partial charge in [0, 0.05) is 24.7 Å². The van der Waals surface area contributed by atoms with Crippen molar-refractivity contribution >= 4 is 27.3 Å². The highest BCUT2D eigenvalue weighted by Gasteiger charge is 2.36. The van der Waals surface area contributed by atoms with Gasteiger partial charge in [-0.1, -0.05) is 6.92 Å². The van der Waals surface area contributed by atoms with Crippen LogP contribution in [0.15, 0.2) is 24.3 Å². The highest BCUT2D eigenvalue weighted by molar-refractivity contribution is 7.91. The fourth-order valence-corrected chi connectivity index (χ4v) is 4.77. The molecule has 1 aromatic rings. The molecule has 2 amide bonds. The molecule has 0 radical (unpaired) electrons. The van der Waals surface area contributed by atoms with E-state index in [0.717, 1.165) is 6.42 Å². The van der Waals surface area contributed by atoms with E-state index in [9.17, 15) is 18.0 Å². The number of nitrogens with zero attached hydrogens (tertiary/aromatic N) is 1. The van der Waals surface area contributed by atoms with E-state index >= 15 is 0 Å². The summed E-state index contributed by atoms with van der Waals surface area (Å²) in [7, 11) is -3.07. The van der Waals surface area contributed by atoms with E-state index in [2.05, 4.69) is 5.32 Å². The number of carbonyl (C=O) groups is 2. The largest absolute Gasteiger partial charge is 0.484 e. The zero-order chi connectivity index (χ0) is 19.3. The molecule has 1 heterocycles. The molecule has 2 rings (SSSR count). The van der Waals surface area contributed by atoms with Crippen LogP contribution < -0.4 is 10.1 Å². The molecule has 2 atom stereocenters. The number of sulfone groups is 1. The molecule has 0 saturated carbocycles. The van der Waals surface area contributed by atoms with Crippen LogP contribution in [0.25, 0.3) is 0 Å². The zero-order valence-electron chi connectivity index (χ0n) is 15.4. The standard InChI is InChI=1S/C18H26N2O5S/c1-4-13(2)20(16-9-10-26(23,24)12-16)18(22)11-25-17-7-5-15(6-8-17)19-14(3)21/h5-8,13,16H,4,9-12H2,1-3H3,(H,19,21)/t13-,16-/m1/s1. The van der Waals surface area contributed by atoms with Gasteiger partial charge in [0.05, 0.1) is 11.5 Å². The third-order valence-electron chi connectivity index (χ3n) is 4.49. The predicted octanol–water partition coefficient (Wildman–Crippen LogP) is 1.84. The van der Waals surface area contributed by atoms with Crippen molar-refractivity contribution in [3.8, 4) is 5.75 Å². The molecule has 0 aliphatic carbocycles. The molecule has 26 heavy (non-hydrogen) atoms. The van der Waals surface area contributed by atoms with Crippen molar-refractivity contribution in [2.45, 2.75) is 45.7 Å². The average Bonchev–Trinajstić information content (AvgIpc) is 2.93. The summed E-state index contributed by atoms with van der Waals surface area (Å²) >= 11 is 0. The smallest absolute Gasteiger partial charge is 0.261 e. The Labute approximate surface area is 154 Å². The van der Waals surface area contributed by atoms with Gasteiger partial charge in [0.2, 0.25) is 5.91 Å². The number of hydrogen-bond acceptors (Lipinski definition) is 5. The number of anilines is 1. The summed E-state index contributed by atoms with van der Waals surface area (Å²) in [6, 6.07) is 6.40. The molecular weight excluding hydrogens is 356 g/mol. The zero-order valence-corrected chi connectivity index (χ0v) is 16.2. The van der Waals surface area contributed by atoms with Crippen LogP contribution in [0.3, 0.4) is 0 Å². The highest BCUT2D eigenvalue weighted by Crippen LogP contribution is 2.22. The van der Waals surface area contributed by atoms with Gasteiger partial charge in [0.25, 0.3) is 5.91 Å². The fourth-order valence-electron chi connectivity index (χ4n) is 3.06. The van der Waals surface area contributed by atoms with Crippen molar-refractivity contribution in [1.29, 1.82) is 0 Å². The predicted molar refractivity (Wildman–Crippen MR) is 99.9 cm³/mol. The summed E-state index contributed by atoms with van der Waals surface area (Å²) in [5.74, 6) is 0.283. The first-order valence-electron chi connectivity index (χ1n) is 8.74. The van der Waals surface area contributed by atoms with Gasteiger partial charge < -0.3 is 15.0 Å². The second-order valence-corrected chi connectivity index (χ2v) is 8.84. The molecule has 1 aromatic carbocycles. The van der Waals surface area contributed by atoms with Gasteiger partial charge in [0.15, 0.2) is 16.4 Å². The maximum absolute atomic E-state index is 12.7. The Hall–Kier alpha value is -2.09. The minimum absolute atomic E-state index is 0.0223. The van der Waals surface area contributed by atoms with Gasteiger partial charge in [-0.15, -0.1) is 0 Å². The average molecular weight is 382 g/mol. The molecule has 1 aliphatic heterocycles. The number of amides is 2. The first kappa shape index (κ1) is 20.2. The number of rotatable bonds is 7. The van der Waals surface area contributed by atoms with Gasteiger partial charge in [-0.05, 0) is 44.0 Å². The molecule has 1 aliphatic rings. The Morgan fingerprint density at radius 3 is 2.46 bits per heavy atom. The van der Waals surface area contributed by atoms with Crippen molar-refractivity contribution in [2.75, 3.05) is 23.4 Å². The van der Waals surface area contributed by atoms with Crippen molar-refractivity contribution in [3.63, 3.8) is 0 Å². The van der Waals surface area contributed by atoms with E-state index < -0.39 is 9.84 Å². The topological polar surface area (TPSA) is 92.8 Å². The lowest BCUT2D eigenvalue weighted by Crippen LogP contribution is -2.48. The van der Waals surface area contributed by atoms with Gasteiger partial charge in [-0.3, -0.25) is 9.59 Å². The highest BCUT2D eigenvalue weighted by atomic mass is 32.2. The molecule has 1 saturated heterocycles. The normalized spacial score (nSPS) is 19.6. The van der Waals surface area contributed by atoms with Crippen molar-refractivity contribution in [1.82, 2.24) is 4.90 Å². The van der Waals surface area contributed by atoms with Crippen LogP contribution in [-0.2, 0) is 19.4 Å². The third kappa shape index (κ3) is 5.45. The fraction of sp³-hybridized carbons (Fsp3) is 0.556. The summed E-state index contributed by atoms with van der Waals surface area (Å²) in [5.41, 5.74) is 0.647. The van der Waals surface area contributed by atoms with Crippen LogP contribution in [0.1, 0.15) is 33.6 Å². The van der Waals surface area contributed by atoms with E-state index in [1.54, 1.807) is 29.2 Å². The minimum atomic E-state index is -3.07. The summed E-state index contributed by atoms with van der Waals surface area (Å²) in [4.78, 5) is 25.4. The Bertz CT molecular complexity index is 745. The Morgan fingerprint density at radius 1 is 1.31 bits per heavy atom. The maximum atomic E-state index is 12.7. The van der Waals surface area contributed by atoms with E-state index in [1.807, 2.05) is 13.8 Å². The number of nitrogens with one attached hydrogen (secondary N) is 1. The second kappa shape index (κ2) is 8.53. The lowest BCUT2D eigenvalue weighted by atomic mass is 10.1. The van der Waals surface area contributed by atoms with E-state index in [4.69, 9.17) is 4.74 Å². The van der Waals surface area contributed by atoms with Crippen LogP contribution in [0, 0.1) is 0 Å². The molecular formula is C18H26N2O5S. The number of ether oxygens (including phenoxy) is 1. The quantitative estimate of drug-likeness (QED) is 0.777. The first-order valence-corrected chi connectivity index (χ1v) is 10.6. The number of benzene rings is 1. The Kier molecular flexibility index (Phi) is 6.63. The molecule has 7 nitrogen and oxygen atoms in total. The number of carbonyl (C=O) groups excluding carboxylic acids is 2. The summed E-state index contributed by atoms with van der Waals surface area (Å²) < 4.78 is 29.1. The van der Waals surface area contributed by atoms with Crippen LogP contribution >= 0.6 is 0 Å². The lowest BCUT2D eigenvalue weighted by molar-refractivity contribution is -0.137. The van der Waals surface area contributed by atoms with Gasteiger partial charge in [0.1, 0.15) is 5.75 Å². The van der Waals surface area contributed by atoms with E-state index in [-0.39, 0.29) is 42.0 Å². The molecule has 8 heteroatoms. The molecule has 0 unspecified atom stereocenters. The van der Waals surface area contributed by atoms with Crippen molar-refractivity contribution in [2.24, 2.45) is 0 Å². The third-order valence-corrected chi connectivity index (χ3v) is 6.24. The molecule has 1 N–H and O–H groups in total. The SMILES string of the molecule is CC[C@@H](C)N(C(=O)COc1ccc(NC(C)=O)cc1)[C@@H]1CCS(=O)(=O)C1. The molecule has 144 valence electrons. The van der Waals surface area contributed by atoms with E-state index in [0.29, 0.717) is 17.9 Å². The first-order chi connectivity index (χ1) is 12.2. The monoisotopic (exact) mass is 382 g/mol. The van der Waals surface area contributed by atoms with Crippen LogP contribution in [-0.4, -0.2) is 55.3 Å². The summed E-state index contributed by atoms with van der Waals surface area (Å²) in [6.07, 6.45) is 1.22. The van der Waals surface area contributed by atoms with Crippen LogP contribution in [0.4, 0.5) is 5.69 Å². The molecule has 0 spiro atoms. The molecule has 0 bridgehead atoms. The van der Waals surface area contributed by atoms with Crippen molar-refractivity contribution < 1.29 is 22.7 Å². The van der Waals surface area contributed by atoms with Crippen LogP contribution in [0.2, 0.25) is 0 Å². The Morgan fingerprint density at radius 2 is 1.96 bits per heavy atom. The number of hydrogen-bond donors (Lipinski definition) is 1. The molecule has 1 fully saturated rings. The van der Waals surface area contributed by atoms with Gasteiger partial charge in [-0.2, -0.15) is 0 Å². The van der Waals surface area contributed by atoms with Crippen LogP contribution in [0.5, 0.6) is 5.75 Å². The lowest BCUT2D eigenvalue weighted by Gasteiger charge is -2.33. The van der Waals surface area contributed by atoms with E-state index in [1.165, 1.54) is 6.92 Å². The second-order valence-electron chi connectivity index (χ2n) is 6.61. The van der Waals surface area contributed by atoms with Crippen molar-refractivity contribution in [3.05, 3.63) is 24.3 Å². The summed E-state index contributed by atoms with van der Waals surface area (Å²) in [5, 5.41) is 2.66. The summed E-state index contributed by atoms with van der Waals surface area (Å²) in [6.45, 7) is 5.16. The van der Waals surface area contributed by atoms with Gasteiger partial charge in [-0.25, -0.2) is 8.42 Å².